The number of carbonyl (C=O) groups is 1. The first-order chi connectivity index (χ1) is 14.1. The van der Waals surface area contributed by atoms with Crippen molar-refractivity contribution >= 4 is 11.6 Å². The van der Waals surface area contributed by atoms with Gasteiger partial charge >= 0.3 is 0 Å². The molecule has 8 heteroatoms. The molecule has 0 bridgehead atoms. The molecule has 1 saturated heterocycles. The Kier molecular flexibility index (Phi) is 4.35. The minimum Gasteiger partial charge on any atom is -0.339 e. The van der Waals surface area contributed by atoms with Crippen LogP contribution in [0.15, 0.2) is 35.0 Å². The number of benzene rings is 1. The third-order valence-electron chi connectivity index (χ3n) is 5.59. The maximum absolute atomic E-state index is 13.5. The van der Waals surface area contributed by atoms with E-state index in [4.69, 9.17) is 4.52 Å². The lowest BCUT2D eigenvalue weighted by atomic mass is 9.95. The van der Waals surface area contributed by atoms with E-state index in [1.165, 1.54) is 17.7 Å². The number of fused-ring (bicyclic) bond motifs is 1. The summed E-state index contributed by atoms with van der Waals surface area (Å²) in [5.41, 5.74) is 4.68. The smallest absolute Gasteiger partial charge is 0.232 e. The first kappa shape index (κ1) is 17.9. The molecule has 148 valence electrons. The van der Waals surface area contributed by atoms with Crippen LogP contribution in [0.2, 0.25) is 0 Å². The van der Waals surface area contributed by atoms with Crippen molar-refractivity contribution in [3.63, 3.8) is 0 Å². The van der Waals surface area contributed by atoms with Crippen molar-refractivity contribution in [3.05, 3.63) is 59.0 Å². The molecule has 0 radical (unpaired) electrons. The van der Waals surface area contributed by atoms with Gasteiger partial charge < -0.3 is 14.7 Å². The van der Waals surface area contributed by atoms with Crippen LogP contribution in [0.25, 0.3) is 11.4 Å². The van der Waals surface area contributed by atoms with Crippen LogP contribution in [0.5, 0.6) is 0 Å². The van der Waals surface area contributed by atoms with E-state index in [-0.39, 0.29) is 24.1 Å². The number of nitrogens with zero attached hydrogens (tertiary/aromatic N) is 4. The molecule has 1 fully saturated rings. The number of pyridine rings is 1. The monoisotopic (exact) mass is 393 g/mol. The zero-order valence-corrected chi connectivity index (χ0v) is 16.0. The average molecular weight is 393 g/mol. The van der Waals surface area contributed by atoms with E-state index in [2.05, 4.69) is 20.4 Å². The maximum Gasteiger partial charge on any atom is 0.232 e. The van der Waals surface area contributed by atoms with Crippen LogP contribution in [0.1, 0.15) is 35.1 Å². The van der Waals surface area contributed by atoms with Gasteiger partial charge in [-0.2, -0.15) is 4.98 Å². The summed E-state index contributed by atoms with van der Waals surface area (Å²) in [6.07, 6.45) is 3.03. The Labute approximate surface area is 166 Å². The number of halogens is 1. The fourth-order valence-corrected chi connectivity index (χ4v) is 4.14. The highest BCUT2D eigenvalue weighted by atomic mass is 19.1. The van der Waals surface area contributed by atoms with E-state index >= 15 is 0 Å². The molecule has 0 unspecified atom stereocenters. The van der Waals surface area contributed by atoms with Crippen molar-refractivity contribution in [1.82, 2.24) is 20.4 Å². The predicted octanol–water partition coefficient (Wildman–Crippen LogP) is 2.75. The van der Waals surface area contributed by atoms with Crippen molar-refractivity contribution < 1.29 is 13.7 Å². The summed E-state index contributed by atoms with van der Waals surface area (Å²) < 4.78 is 19.1. The van der Waals surface area contributed by atoms with E-state index < -0.39 is 0 Å². The molecule has 1 aromatic carbocycles. The lowest BCUT2D eigenvalue weighted by molar-refractivity contribution is -0.117. The quantitative estimate of drug-likeness (QED) is 0.737. The molecule has 2 aromatic heterocycles. The van der Waals surface area contributed by atoms with Crippen LogP contribution in [0.3, 0.4) is 0 Å². The van der Waals surface area contributed by atoms with Gasteiger partial charge in [0.05, 0.1) is 5.92 Å². The summed E-state index contributed by atoms with van der Waals surface area (Å²) in [5, 5.41) is 7.54. The van der Waals surface area contributed by atoms with E-state index in [0.29, 0.717) is 23.9 Å². The zero-order chi connectivity index (χ0) is 20.0. The Morgan fingerprint density at radius 2 is 2.24 bits per heavy atom. The van der Waals surface area contributed by atoms with Gasteiger partial charge in [-0.25, -0.2) is 4.39 Å². The summed E-state index contributed by atoms with van der Waals surface area (Å²) in [5.74, 6) is 0.270. The minimum atomic E-state index is -0.370. The largest absolute Gasteiger partial charge is 0.339 e. The Hall–Kier alpha value is -3.13. The highest BCUT2D eigenvalue weighted by Crippen LogP contribution is 2.34. The van der Waals surface area contributed by atoms with Gasteiger partial charge in [-0.1, -0.05) is 11.2 Å². The van der Waals surface area contributed by atoms with Gasteiger partial charge in [0, 0.05) is 42.7 Å². The Bertz CT molecular complexity index is 1100. The molecular weight excluding hydrogens is 373 g/mol. The van der Waals surface area contributed by atoms with Crippen molar-refractivity contribution in [1.29, 1.82) is 0 Å². The van der Waals surface area contributed by atoms with Gasteiger partial charge in [0.15, 0.2) is 0 Å². The van der Waals surface area contributed by atoms with Crippen LogP contribution in [-0.4, -0.2) is 34.1 Å². The molecule has 2 aliphatic heterocycles. The van der Waals surface area contributed by atoms with Gasteiger partial charge in [-0.3, -0.25) is 9.78 Å². The number of amides is 1. The first-order valence-electron chi connectivity index (χ1n) is 9.68. The number of hydrogen-bond donors (Lipinski definition) is 1. The van der Waals surface area contributed by atoms with Crippen molar-refractivity contribution in [3.8, 4) is 11.4 Å². The van der Waals surface area contributed by atoms with Gasteiger partial charge in [0.1, 0.15) is 5.82 Å². The van der Waals surface area contributed by atoms with E-state index in [1.807, 2.05) is 13.1 Å². The predicted molar refractivity (Wildman–Crippen MR) is 104 cm³/mol. The molecule has 4 heterocycles. The van der Waals surface area contributed by atoms with Crippen LogP contribution < -0.4 is 10.2 Å². The van der Waals surface area contributed by atoms with Crippen LogP contribution in [0.4, 0.5) is 10.1 Å². The number of aryl methyl sites for hydroxylation is 1. The summed E-state index contributed by atoms with van der Waals surface area (Å²) in [6.45, 7) is 4.00. The normalized spacial score (nSPS) is 18.9. The molecular formula is C21H20FN5O2. The second-order valence-electron chi connectivity index (χ2n) is 7.49. The number of carbonyl (C=O) groups excluding carboxylic acids is 1. The average Bonchev–Trinajstić information content (AvgIpc) is 3.35. The highest BCUT2D eigenvalue weighted by Gasteiger charge is 2.35. The molecule has 1 N–H and O–H groups in total. The van der Waals surface area contributed by atoms with Gasteiger partial charge in [0.2, 0.25) is 17.6 Å². The molecule has 29 heavy (non-hydrogen) atoms. The Balaban J connectivity index is 1.44. The molecule has 2 aliphatic rings. The number of anilines is 1. The maximum atomic E-state index is 13.5. The van der Waals surface area contributed by atoms with Gasteiger partial charge in [-0.15, -0.1) is 0 Å². The fourth-order valence-electron chi connectivity index (χ4n) is 4.14. The Morgan fingerprint density at radius 1 is 1.34 bits per heavy atom. The highest BCUT2D eigenvalue weighted by molar-refractivity contribution is 5.96. The third-order valence-corrected chi connectivity index (χ3v) is 5.59. The molecule has 0 saturated carbocycles. The number of aromatic nitrogens is 3. The van der Waals surface area contributed by atoms with Crippen molar-refractivity contribution in [2.24, 2.45) is 0 Å². The van der Waals surface area contributed by atoms with Crippen molar-refractivity contribution in [2.45, 2.75) is 32.2 Å². The van der Waals surface area contributed by atoms with E-state index in [1.54, 1.807) is 17.0 Å². The Morgan fingerprint density at radius 3 is 3.10 bits per heavy atom. The molecule has 0 aliphatic carbocycles. The topological polar surface area (TPSA) is 84.2 Å². The van der Waals surface area contributed by atoms with Crippen LogP contribution in [0, 0.1) is 12.7 Å². The van der Waals surface area contributed by atoms with Gasteiger partial charge in [-0.05, 0) is 49.2 Å². The lowest BCUT2D eigenvalue weighted by Crippen LogP contribution is -2.25. The minimum absolute atomic E-state index is 0.0821. The first-order valence-corrected chi connectivity index (χ1v) is 9.68. The molecule has 1 atom stereocenters. The summed E-state index contributed by atoms with van der Waals surface area (Å²) in [6, 6.07) is 6.04. The number of nitrogens with one attached hydrogen (secondary N) is 1. The zero-order valence-electron chi connectivity index (χ0n) is 16.0. The van der Waals surface area contributed by atoms with Crippen LogP contribution in [-0.2, 0) is 17.8 Å². The second kappa shape index (κ2) is 7.04. The van der Waals surface area contributed by atoms with E-state index in [0.717, 1.165) is 36.3 Å². The van der Waals surface area contributed by atoms with Gasteiger partial charge in [0.25, 0.3) is 0 Å². The number of hydrogen-bond acceptors (Lipinski definition) is 6. The molecule has 5 rings (SSSR count). The molecule has 0 spiro atoms. The van der Waals surface area contributed by atoms with Crippen LogP contribution >= 0.6 is 0 Å². The summed E-state index contributed by atoms with van der Waals surface area (Å²) in [4.78, 5) is 23.2. The number of rotatable bonds is 3. The SMILES string of the molecule is Cc1ncc2c(c1-c1noc([C@@H]3CC(=O)N(c4cccc(F)c4)C3)n1)CCNC2. The standard InChI is InChI=1S/C21H20FN5O2/c1-12-19(17-5-6-23-9-14(17)10-24-12)20-25-21(29-26-20)13-7-18(28)27(11-13)16-4-2-3-15(22)8-16/h2-4,8,10,13,23H,5-7,9,11H2,1H3/t13-/m1/s1. The third kappa shape index (κ3) is 3.19. The molecule has 3 aromatic rings. The summed E-state index contributed by atoms with van der Waals surface area (Å²) >= 11 is 0. The second-order valence-corrected chi connectivity index (χ2v) is 7.49. The summed E-state index contributed by atoms with van der Waals surface area (Å²) in [7, 11) is 0. The molecule has 7 nitrogen and oxygen atoms in total. The fraction of sp³-hybridized carbons (Fsp3) is 0.333. The molecule has 1 amide bonds. The van der Waals surface area contributed by atoms with Crippen molar-refractivity contribution in [2.75, 3.05) is 18.0 Å². The lowest BCUT2D eigenvalue weighted by Gasteiger charge is -2.19. The van der Waals surface area contributed by atoms with E-state index in [9.17, 15) is 9.18 Å².